The molecule has 0 aromatic carbocycles. The fraction of sp³-hybridized carbons (Fsp3) is 0.786. The second-order valence-electron chi connectivity index (χ2n) is 6.76. The van der Waals surface area contributed by atoms with Crippen molar-refractivity contribution in [2.75, 3.05) is 6.54 Å². The second kappa shape index (κ2) is 3.84. The van der Waals surface area contributed by atoms with Crippen molar-refractivity contribution in [2.24, 2.45) is 22.7 Å². The Hall–Kier alpha value is 0.167. The first-order valence-electron chi connectivity index (χ1n) is 6.26. The Kier molecular flexibility index (Phi) is 3.03. The van der Waals surface area contributed by atoms with Crippen LogP contribution in [0.5, 0.6) is 0 Å². The maximum Gasteiger partial charge on any atom is 1.00 e. The molecule has 1 saturated carbocycles. The van der Waals surface area contributed by atoms with Gasteiger partial charge >= 0.3 is 18.9 Å². The van der Waals surface area contributed by atoms with Crippen molar-refractivity contribution in [3.8, 4) is 0 Å². The molecule has 0 aromatic heterocycles. The quantitative estimate of drug-likeness (QED) is 0.468. The van der Waals surface area contributed by atoms with Gasteiger partial charge in [-0.3, -0.25) is 0 Å². The zero-order valence-corrected chi connectivity index (χ0v) is 11.1. The van der Waals surface area contributed by atoms with E-state index < -0.39 is 0 Å². The van der Waals surface area contributed by atoms with Gasteiger partial charge in [0.1, 0.15) is 0 Å². The van der Waals surface area contributed by atoms with Gasteiger partial charge in [-0.15, -0.1) is 5.92 Å². The van der Waals surface area contributed by atoms with Crippen LogP contribution >= 0.6 is 0 Å². The van der Waals surface area contributed by atoms with Gasteiger partial charge in [-0.2, -0.15) is 0 Å². The molecular weight excluding hydrogens is 189 g/mol. The number of hydrogen-bond acceptors (Lipinski definition) is 1. The summed E-state index contributed by atoms with van der Waals surface area (Å²) in [5.74, 6) is 1.58. The topological polar surface area (TPSA) is 12.0 Å². The zero-order chi connectivity index (χ0) is 10.7. The van der Waals surface area contributed by atoms with Gasteiger partial charge in [0.25, 0.3) is 0 Å². The van der Waals surface area contributed by atoms with E-state index in [4.69, 9.17) is 0 Å². The first-order chi connectivity index (χ1) is 7.01. The fourth-order valence-electron chi connectivity index (χ4n) is 4.62. The summed E-state index contributed by atoms with van der Waals surface area (Å²) in [7, 11) is 0. The first-order valence-corrected chi connectivity index (χ1v) is 6.26. The molecule has 1 heterocycles. The molecule has 1 saturated heterocycles. The van der Waals surface area contributed by atoms with Gasteiger partial charge in [-0.05, 0) is 23.7 Å². The number of rotatable bonds is 1. The van der Waals surface area contributed by atoms with Crippen molar-refractivity contribution in [1.29, 1.82) is 0 Å². The third-order valence-electron chi connectivity index (χ3n) is 4.92. The molecule has 0 amide bonds. The maximum atomic E-state index is 3.71. The van der Waals surface area contributed by atoms with E-state index in [0.29, 0.717) is 10.8 Å². The molecule has 4 atom stereocenters. The third-order valence-corrected chi connectivity index (χ3v) is 4.92. The van der Waals surface area contributed by atoms with Gasteiger partial charge in [0.15, 0.2) is 0 Å². The van der Waals surface area contributed by atoms with E-state index in [1.165, 1.54) is 19.4 Å². The van der Waals surface area contributed by atoms with Crippen LogP contribution in [0.3, 0.4) is 0 Å². The summed E-state index contributed by atoms with van der Waals surface area (Å²) >= 11 is 0. The van der Waals surface area contributed by atoms with Gasteiger partial charge in [0, 0.05) is 12.6 Å². The standard InChI is InChI=1S/C14H22N.Li/c1-13(2)7-11-8-14(3,9-15-11)12(13)10-5-4-6-10;/h4-6,10-12,15H,7-9H2,1-3H3;/q-1;+1. The van der Waals surface area contributed by atoms with Gasteiger partial charge in [-0.25, -0.2) is 18.6 Å². The molecule has 2 fully saturated rings. The van der Waals surface area contributed by atoms with Crippen molar-refractivity contribution in [2.45, 2.75) is 39.7 Å². The largest absolute Gasteiger partial charge is 1.00 e. The molecule has 0 aromatic rings. The van der Waals surface area contributed by atoms with Gasteiger partial charge < -0.3 is 5.32 Å². The summed E-state index contributed by atoms with van der Waals surface area (Å²) in [6.45, 7) is 8.65. The minimum absolute atomic E-state index is 0. The van der Waals surface area contributed by atoms with Crippen LogP contribution in [0.15, 0.2) is 12.2 Å². The first kappa shape index (κ1) is 12.6. The SMILES string of the molecule is CC1(C)CC2CC(C)(CN2)C1C1C=C[CH-]1.[Li+]. The van der Waals surface area contributed by atoms with E-state index in [0.717, 1.165) is 17.9 Å². The van der Waals surface area contributed by atoms with Crippen LogP contribution in [0, 0.1) is 29.1 Å². The Labute approximate surface area is 112 Å². The zero-order valence-electron chi connectivity index (χ0n) is 11.1. The van der Waals surface area contributed by atoms with E-state index in [-0.39, 0.29) is 18.9 Å². The predicted octanol–water partition coefficient (Wildman–Crippen LogP) is -0.205. The van der Waals surface area contributed by atoms with Crippen molar-refractivity contribution >= 4 is 0 Å². The normalized spacial score (nSPS) is 47.8. The molecule has 2 bridgehead atoms. The number of fused-ring (bicyclic) bond motifs is 2. The molecule has 2 aliphatic carbocycles. The van der Waals surface area contributed by atoms with Crippen molar-refractivity contribution in [3.63, 3.8) is 0 Å². The second-order valence-corrected chi connectivity index (χ2v) is 6.76. The summed E-state index contributed by atoms with van der Waals surface area (Å²) in [5.41, 5.74) is 1.02. The Bertz CT molecular complexity index is 310. The van der Waals surface area contributed by atoms with E-state index >= 15 is 0 Å². The minimum atomic E-state index is 0. The van der Waals surface area contributed by atoms with Crippen LogP contribution < -0.4 is 24.2 Å². The summed E-state index contributed by atoms with van der Waals surface area (Å²) < 4.78 is 0. The number of nitrogens with one attached hydrogen (secondary N) is 1. The average molecular weight is 211 g/mol. The number of hydrogen-bond donors (Lipinski definition) is 1. The van der Waals surface area contributed by atoms with Crippen molar-refractivity contribution in [3.05, 3.63) is 18.6 Å². The molecular formula is C14H22LiN. The molecule has 0 spiro atoms. The summed E-state index contributed by atoms with van der Waals surface area (Å²) in [4.78, 5) is 0. The Morgan fingerprint density at radius 2 is 1.94 bits per heavy atom. The Morgan fingerprint density at radius 3 is 2.50 bits per heavy atom. The summed E-state index contributed by atoms with van der Waals surface area (Å²) in [5, 5.41) is 3.71. The molecule has 2 heteroatoms. The molecule has 16 heavy (non-hydrogen) atoms. The van der Waals surface area contributed by atoms with Crippen LogP contribution in [-0.4, -0.2) is 12.6 Å². The van der Waals surface area contributed by atoms with Crippen molar-refractivity contribution < 1.29 is 18.9 Å². The van der Waals surface area contributed by atoms with Crippen molar-refractivity contribution in [1.82, 2.24) is 5.32 Å². The number of allylic oxidation sites excluding steroid dienone is 2. The molecule has 0 radical (unpaired) electrons. The van der Waals surface area contributed by atoms with Crippen LogP contribution in [0.25, 0.3) is 0 Å². The third kappa shape index (κ3) is 1.69. The molecule has 4 unspecified atom stereocenters. The van der Waals surface area contributed by atoms with Crippen LogP contribution in [0.4, 0.5) is 0 Å². The van der Waals surface area contributed by atoms with E-state index in [2.05, 4.69) is 44.7 Å². The summed E-state index contributed by atoms with van der Waals surface area (Å²) in [6, 6.07) is 0.783. The molecule has 1 N–H and O–H groups in total. The molecule has 3 rings (SSSR count). The van der Waals surface area contributed by atoms with Crippen LogP contribution in [-0.2, 0) is 0 Å². The summed E-state index contributed by atoms with van der Waals surface area (Å²) in [6.07, 6.45) is 9.76. The van der Waals surface area contributed by atoms with Gasteiger partial charge in [-0.1, -0.05) is 26.7 Å². The molecule has 1 aliphatic heterocycles. The van der Waals surface area contributed by atoms with E-state index in [1.807, 2.05) is 0 Å². The van der Waals surface area contributed by atoms with Crippen LogP contribution in [0.1, 0.15) is 33.6 Å². The fourth-order valence-corrected chi connectivity index (χ4v) is 4.62. The molecule has 84 valence electrons. The average Bonchev–Trinajstić information content (AvgIpc) is 2.34. The smallest absolute Gasteiger partial charge is 0.313 e. The predicted molar refractivity (Wildman–Crippen MR) is 63.3 cm³/mol. The Balaban J connectivity index is 0.000000963. The monoisotopic (exact) mass is 211 g/mol. The minimum Gasteiger partial charge on any atom is -0.313 e. The Morgan fingerprint density at radius 1 is 1.25 bits per heavy atom. The van der Waals surface area contributed by atoms with E-state index in [1.54, 1.807) is 0 Å². The maximum absolute atomic E-state index is 3.71. The molecule has 3 aliphatic rings. The van der Waals surface area contributed by atoms with Gasteiger partial charge in [0.05, 0.1) is 0 Å². The van der Waals surface area contributed by atoms with Crippen LogP contribution in [0.2, 0.25) is 0 Å². The van der Waals surface area contributed by atoms with E-state index in [9.17, 15) is 0 Å². The van der Waals surface area contributed by atoms with Gasteiger partial charge in [0.2, 0.25) is 0 Å². The molecule has 1 nitrogen and oxygen atoms in total.